The van der Waals surface area contributed by atoms with Crippen molar-refractivity contribution in [2.24, 2.45) is 17.1 Å². The molecule has 21 heavy (non-hydrogen) atoms. The van der Waals surface area contributed by atoms with Gasteiger partial charge >= 0.3 is 0 Å². The number of rotatable bonds is 8. The molecule has 0 aromatic carbocycles. The Morgan fingerprint density at radius 2 is 2.10 bits per heavy atom. The fraction of sp³-hybridized carbons (Fsp3) is 0.647. The molecule has 4 heteroatoms. The predicted molar refractivity (Wildman–Crippen MR) is 86.8 cm³/mol. The maximum atomic E-state index is 11.9. The quantitative estimate of drug-likeness (QED) is 0.773. The zero-order valence-corrected chi connectivity index (χ0v) is 13.6. The molecule has 4 nitrogen and oxygen atoms in total. The van der Waals surface area contributed by atoms with Gasteiger partial charge in [-0.15, -0.1) is 0 Å². The molecule has 1 rings (SSSR count). The lowest BCUT2D eigenvalue weighted by molar-refractivity contribution is -0.121. The van der Waals surface area contributed by atoms with Crippen molar-refractivity contribution in [2.45, 2.75) is 46.5 Å². The molecular weight excluding hydrogens is 262 g/mol. The maximum Gasteiger partial charge on any atom is 0.220 e. The highest BCUT2D eigenvalue weighted by atomic mass is 16.1. The molecule has 0 saturated heterocycles. The van der Waals surface area contributed by atoms with E-state index in [1.54, 1.807) is 6.20 Å². The first-order valence-electron chi connectivity index (χ1n) is 7.80. The molecule has 0 aliphatic carbocycles. The summed E-state index contributed by atoms with van der Waals surface area (Å²) in [7, 11) is 0. The Bertz CT molecular complexity index is 412. The SMILES string of the molecule is CC(C)(C)C(CCN)CCC(=O)NCCc1ccccn1. The van der Waals surface area contributed by atoms with Gasteiger partial charge in [-0.25, -0.2) is 0 Å². The van der Waals surface area contributed by atoms with E-state index in [0.29, 0.717) is 25.4 Å². The van der Waals surface area contributed by atoms with E-state index in [2.05, 4.69) is 31.1 Å². The minimum atomic E-state index is 0.122. The standard InChI is InChI=1S/C17H29N3O/c1-17(2,3)14(9-11-18)7-8-16(21)20-13-10-15-6-4-5-12-19-15/h4-6,12,14H,7-11,13,18H2,1-3H3,(H,20,21). The molecule has 1 unspecified atom stereocenters. The van der Waals surface area contributed by atoms with E-state index in [0.717, 1.165) is 25.0 Å². The van der Waals surface area contributed by atoms with Crippen LogP contribution in [-0.4, -0.2) is 24.0 Å². The van der Waals surface area contributed by atoms with Crippen LogP contribution >= 0.6 is 0 Å². The molecule has 1 aromatic heterocycles. The summed E-state index contributed by atoms with van der Waals surface area (Å²) in [4.78, 5) is 16.1. The minimum Gasteiger partial charge on any atom is -0.356 e. The molecule has 1 aromatic rings. The Hall–Kier alpha value is -1.42. The summed E-state index contributed by atoms with van der Waals surface area (Å²) in [6.45, 7) is 7.97. The van der Waals surface area contributed by atoms with Crippen molar-refractivity contribution in [1.29, 1.82) is 0 Å². The highest BCUT2D eigenvalue weighted by Gasteiger charge is 2.24. The summed E-state index contributed by atoms with van der Waals surface area (Å²) >= 11 is 0. The summed E-state index contributed by atoms with van der Waals surface area (Å²) in [5.41, 5.74) is 6.88. The first-order valence-corrected chi connectivity index (χ1v) is 7.80. The predicted octanol–water partition coefficient (Wildman–Crippen LogP) is 2.53. The van der Waals surface area contributed by atoms with Gasteiger partial charge in [0.2, 0.25) is 5.91 Å². The van der Waals surface area contributed by atoms with Gasteiger partial charge in [0.05, 0.1) is 0 Å². The second-order valence-electron chi connectivity index (χ2n) is 6.60. The van der Waals surface area contributed by atoms with Crippen LogP contribution in [0, 0.1) is 11.3 Å². The van der Waals surface area contributed by atoms with E-state index >= 15 is 0 Å². The summed E-state index contributed by atoms with van der Waals surface area (Å²) < 4.78 is 0. The van der Waals surface area contributed by atoms with Gasteiger partial charge in [-0.1, -0.05) is 26.8 Å². The summed E-state index contributed by atoms with van der Waals surface area (Å²) in [6.07, 6.45) is 5.00. The van der Waals surface area contributed by atoms with Crippen LogP contribution in [0.25, 0.3) is 0 Å². The van der Waals surface area contributed by atoms with Crippen molar-refractivity contribution >= 4 is 5.91 Å². The normalized spacial score (nSPS) is 13.0. The Morgan fingerprint density at radius 1 is 1.33 bits per heavy atom. The Balaban J connectivity index is 2.27. The van der Waals surface area contributed by atoms with Crippen LogP contribution in [0.1, 0.15) is 45.7 Å². The van der Waals surface area contributed by atoms with Gasteiger partial charge in [0, 0.05) is 31.3 Å². The minimum absolute atomic E-state index is 0.122. The van der Waals surface area contributed by atoms with Gasteiger partial charge < -0.3 is 11.1 Å². The number of pyridine rings is 1. The zero-order valence-electron chi connectivity index (χ0n) is 13.6. The van der Waals surface area contributed by atoms with Crippen LogP contribution in [0.2, 0.25) is 0 Å². The average Bonchev–Trinajstić information content (AvgIpc) is 2.43. The highest BCUT2D eigenvalue weighted by Crippen LogP contribution is 2.31. The lowest BCUT2D eigenvalue weighted by Crippen LogP contribution is -2.29. The molecule has 0 radical (unpaired) electrons. The zero-order chi connectivity index (χ0) is 15.7. The molecule has 0 aliphatic heterocycles. The third-order valence-corrected chi connectivity index (χ3v) is 3.89. The van der Waals surface area contributed by atoms with Crippen LogP contribution in [0.5, 0.6) is 0 Å². The second kappa shape index (κ2) is 8.78. The molecule has 0 spiro atoms. The van der Waals surface area contributed by atoms with Gasteiger partial charge in [-0.05, 0) is 42.9 Å². The van der Waals surface area contributed by atoms with Gasteiger partial charge in [-0.3, -0.25) is 9.78 Å². The molecule has 118 valence electrons. The second-order valence-corrected chi connectivity index (χ2v) is 6.60. The van der Waals surface area contributed by atoms with Gasteiger partial charge in [0.15, 0.2) is 0 Å². The van der Waals surface area contributed by atoms with E-state index in [1.165, 1.54) is 0 Å². The molecule has 0 fully saturated rings. The number of carbonyl (C=O) groups excluding carboxylic acids is 1. The van der Waals surface area contributed by atoms with Crippen LogP contribution in [0.4, 0.5) is 0 Å². The van der Waals surface area contributed by atoms with Crippen LogP contribution in [0.3, 0.4) is 0 Å². The number of hydrogen-bond donors (Lipinski definition) is 2. The molecule has 0 saturated carbocycles. The van der Waals surface area contributed by atoms with Gasteiger partial charge in [0.1, 0.15) is 0 Å². The summed E-state index contributed by atoms with van der Waals surface area (Å²) in [5, 5.41) is 2.97. The topological polar surface area (TPSA) is 68.0 Å². The van der Waals surface area contributed by atoms with E-state index in [1.807, 2.05) is 18.2 Å². The van der Waals surface area contributed by atoms with Crippen molar-refractivity contribution in [3.8, 4) is 0 Å². The fourth-order valence-corrected chi connectivity index (χ4v) is 2.48. The number of nitrogens with two attached hydrogens (primary N) is 1. The Morgan fingerprint density at radius 3 is 2.67 bits per heavy atom. The third-order valence-electron chi connectivity index (χ3n) is 3.89. The van der Waals surface area contributed by atoms with E-state index in [9.17, 15) is 4.79 Å². The fourth-order valence-electron chi connectivity index (χ4n) is 2.48. The molecule has 1 atom stereocenters. The Kier molecular flexibility index (Phi) is 7.37. The summed E-state index contributed by atoms with van der Waals surface area (Å²) in [6, 6.07) is 5.83. The van der Waals surface area contributed by atoms with Gasteiger partial charge in [0.25, 0.3) is 0 Å². The number of nitrogens with zero attached hydrogens (tertiary/aromatic N) is 1. The number of aromatic nitrogens is 1. The molecule has 0 aliphatic rings. The lowest BCUT2D eigenvalue weighted by Gasteiger charge is -2.30. The molecule has 1 heterocycles. The van der Waals surface area contributed by atoms with Crippen LogP contribution < -0.4 is 11.1 Å². The molecule has 1 amide bonds. The van der Waals surface area contributed by atoms with Crippen LogP contribution in [0.15, 0.2) is 24.4 Å². The molecular formula is C17H29N3O. The van der Waals surface area contributed by atoms with Crippen molar-refractivity contribution in [3.63, 3.8) is 0 Å². The van der Waals surface area contributed by atoms with Crippen molar-refractivity contribution in [2.75, 3.05) is 13.1 Å². The Labute approximate surface area is 128 Å². The average molecular weight is 291 g/mol. The molecule has 0 bridgehead atoms. The number of carbonyl (C=O) groups is 1. The highest BCUT2D eigenvalue weighted by molar-refractivity contribution is 5.75. The van der Waals surface area contributed by atoms with E-state index in [4.69, 9.17) is 5.73 Å². The number of hydrogen-bond acceptors (Lipinski definition) is 3. The first-order chi connectivity index (χ1) is 9.93. The maximum absolute atomic E-state index is 11.9. The van der Waals surface area contributed by atoms with E-state index in [-0.39, 0.29) is 11.3 Å². The van der Waals surface area contributed by atoms with E-state index < -0.39 is 0 Å². The number of amides is 1. The lowest BCUT2D eigenvalue weighted by atomic mass is 9.76. The van der Waals surface area contributed by atoms with Crippen molar-refractivity contribution in [1.82, 2.24) is 10.3 Å². The largest absolute Gasteiger partial charge is 0.356 e. The first kappa shape index (κ1) is 17.6. The van der Waals surface area contributed by atoms with Crippen LogP contribution in [-0.2, 0) is 11.2 Å². The number of nitrogens with one attached hydrogen (secondary N) is 1. The van der Waals surface area contributed by atoms with Crippen molar-refractivity contribution < 1.29 is 4.79 Å². The summed E-state index contributed by atoms with van der Waals surface area (Å²) in [5.74, 6) is 0.612. The van der Waals surface area contributed by atoms with Gasteiger partial charge in [-0.2, -0.15) is 0 Å². The monoisotopic (exact) mass is 291 g/mol. The third kappa shape index (κ3) is 7.23. The molecule has 3 N–H and O–H groups in total. The van der Waals surface area contributed by atoms with Crippen molar-refractivity contribution in [3.05, 3.63) is 30.1 Å². The smallest absolute Gasteiger partial charge is 0.220 e.